The fourth-order valence-corrected chi connectivity index (χ4v) is 2.97. The third-order valence-electron chi connectivity index (χ3n) is 4.09. The van der Waals surface area contributed by atoms with Crippen LogP contribution in [-0.2, 0) is 10.8 Å². The van der Waals surface area contributed by atoms with Crippen molar-refractivity contribution in [3.63, 3.8) is 0 Å². The van der Waals surface area contributed by atoms with Crippen LogP contribution in [0.5, 0.6) is 17.2 Å². The average molecular weight is 326 g/mol. The van der Waals surface area contributed by atoms with Gasteiger partial charge in [-0.05, 0) is 59.2 Å². The summed E-state index contributed by atoms with van der Waals surface area (Å²) in [6, 6.07) is 12.2. The first kappa shape index (κ1) is 18.4. The summed E-state index contributed by atoms with van der Waals surface area (Å²) in [5.74, 6) is 2.60. The van der Waals surface area contributed by atoms with Crippen LogP contribution in [0.4, 0.5) is 0 Å². The van der Waals surface area contributed by atoms with Crippen molar-refractivity contribution in [1.29, 1.82) is 0 Å². The Labute approximate surface area is 146 Å². The van der Waals surface area contributed by atoms with Crippen molar-refractivity contribution < 1.29 is 9.47 Å². The van der Waals surface area contributed by atoms with Crippen LogP contribution in [0.25, 0.3) is 0 Å². The maximum atomic E-state index is 6.30. The molecule has 2 aromatic rings. The summed E-state index contributed by atoms with van der Waals surface area (Å²) in [5.41, 5.74) is 3.90. The Kier molecular flexibility index (Phi) is 4.98. The first-order valence-electron chi connectivity index (χ1n) is 8.50. The number of ether oxygens (including phenoxy) is 2. The fraction of sp³-hybridized carbons (Fsp3) is 0.455. The topological polar surface area (TPSA) is 18.5 Å². The van der Waals surface area contributed by atoms with E-state index in [0.29, 0.717) is 0 Å². The van der Waals surface area contributed by atoms with Crippen molar-refractivity contribution in [2.24, 2.45) is 0 Å². The smallest absolute Gasteiger partial charge is 0.131 e. The average Bonchev–Trinajstić information content (AvgIpc) is 2.45. The van der Waals surface area contributed by atoms with E-state index in [0.717, 1.165) is 17.2 Å². The van der Waals surface area contributed by atoms with Crippen LogP contribution in [-0.4, -0.2) is 7.11 Å². The molecule has 0 aliphatic heterocycles. The van der Waals surface area contributed by atoms with Crippen molar-refractivity contribution in [3.8, 4) is 17.2 Å². The van der Waals surface area contributed by atoms with Gasteiger partial charge in [-0.15, -0.1) is 0 Å². The molecular formula is C22H30O2. The van der Waals surface area contributed by atoms with Gasteiger partial charge in [0.1, 0.15) is 17.2 Å². The molecule has 0 fully saturated rings. The summed E-state index contributed by atoms with van der Waals surface area (Å²) in [6.45, 7) is 15.6. The standard InChI is InChI=1S/C22H30O2/c1-15-13-18(21(2,3)4)20(22(5,6)7)19(14-15)24-17-11-9-16(23-8)10-12-17/h9-14H,1-8H3. The molecule has 0 aliphatic carbocycles. The normalized spacial score (nSPS) is 12.2. The Balaban J connectivity index is 2.57. The molecule has 130 valence electrons. The van der Waals surface area contributed by atoms with E-state index in [4.69, 9.17) is 9.47 Å². The number of benzene rings is 2. The van der Waals surface area contributed by atoms with Crippen LogP contribution < -0.4 is 9.47 Å². The monoisotopic (exact) mass is 326 g/mol. The first-order chi connectivity index (χ1) is 11.0. The van der Waals surface area contributed by atoms with Gasteiger partial charge in [-0.3, -0.25) is 0 Å². The maximum Gasteiger partial charge on any atom is 0.131 e. The zero-order chi connectivity index (χ0) is 18.1. The maximum absolute atomic E-state index is 6.30. The predicted octanol–water partition coefficient (Wildman–Crippen LogP) is 6.39. The van der Waals surface area contributed by atoms with E-state index in [1.807, 2.05) is 24.3 Å². The minimum atomic E-state index is -0.00187. The van der Waals surface area contributed by atoms with Gasteiger partial charge >= 0.3 is 0 Å². The number of hydrogen-bond acceptors (Lipinski definition) is 2. The fourth-order valence-electron chi connectivity index (χ4n) is 2.97. The molecule has 0 N–H and O–H groups in total. The lowest BCUT2D eigenvalue weighted by molar-refractivity contribution is 0.411. The minimum Gasteiger partial charge on any atom is -0.497 e. The van der Waals surface area contributed by atoms with E-state index in [1.165, 1.54) is 16.7 Å². The molecule has 2 aromatic carbocycles. The van der Waals surface area contributed by atoms with Crippen LogP contribution in [0.1, 0.15) is 58.2 Å². The van der Waals surface area contributed by atoms with E-state index >= 15 is 0 Å². The van der Waals surface area contributed by atoms with E-state index in [9.17, 15) is 0 Å². The molecule has 24 heavy (non-hydrogen) atoms. The largest absolute Gasteiger partial charge is 0.497 e. The Morgan fingerprint density at radius 1 is 0.750 bits per heavy atom. The molecular weight excluding hydrogens is 296 g/mol. The number of aryl methyl sites for hydroxylation is 1. The van der Waals surface area contributed by atoms with Crippen LogP contribution in [0.3, 0.4) is 0 Å². The lowest BCUT2D eigenvalue weighted by Gasteiger charge is -2.32. The molecule has 0 saturated heterocycles. The van der Waals surface area contributed by atoms with Crippen molar-refractivity contribution >= 4 is 0 Å². The highest BCUT2D eigenvalue weighted by Gasteiger charge is 2.29. The van der Waals surface area contributed by atoms with Gasteiger partial charge < -0.3 is 9.47 Å². The number of rotatable bonds is 3. The highest BCUT2D eigenvalue weighted by atomic mass is 16.5. The summed E-state index contributed by atoms with van der Waals surface area (Å²) in [4.78, 5) is 0. The molecule has 0 amide bonds. The highest BCUT2D eigenvalue weighted by molar-refractivity contribution is 5.51. The second kappa shape index (κ2) is 6.51. The molecule has 2 heteroatoms. The molecule has 0 atom stereocenters. The minimum absolute atomic E-state index is 0.00187. The molecule has 0 spiro atoms. The molecule has 0 aromatic heterocycles. The Morgan fingerprint density at radius 3 is 1.75 bits per heavy atom. The van der Waals surface area contributed by atoms with E-state index in [2.05, 4.69) is 60.6 Å². The van der Waals surface area contributed by atoms with E-state index in [1.54, 1.807) is 7.11 Å². The van der Waals surface area contributed by atoms with Gasteiger partial charge in [0, 0.05) is 5.56 Å². The zero-order valence-corrected chi connectivity index (χ0v) is 16.3. The van der Waals surface area contributed by atoms with Gasteiger partial charge in [-0.2, -0.15) is 0 Å². The predicted molar refractivity (Wildman–Crippen MR) is 102 cm³/mol. The van der Waals surface area contributed by atoms with Gasteiger partial charge in [0.25, 0.3) is 0 Å². The summed E-state index contributed by atoms with van der Waals surface area (Å²) < 4.78 is 11.5. The second-order valence-electron chi connectivity index (χ2n) is 8.46. The SMILES string of the molecule is COc1ccc(Oc2cc(C)cc(C(C)(C)C)c2C(C)(C)C)cc1. The highest BCUT2D eigenvalue weighted by Crippen LogP contribution is 2.42. The summed E-state index contributed by atoms with van der Waals surface area (Å²) in [6.07, 6.45) is 0. The van der Waals surface area contributed by atoms with Crippen molar-refractivity contribution in [3.05, 3.63) is 53.1 Å². The second-order valence-corrected chi connectivity index (χ2v) is 8.46. The Morgan fingerprint density at radius 2 is 1.29 bits per heavy atom. The number of methoxy groups -OCH3 is 1. The van der Waals surface area contributed by atoms with E-state index in [-0.39, 0.29) is 10.8 Å². The number of hydrogen-bond donors (Lipinski definition) is 0. The van der Waals surface area contributed by atoms with Gasteiger partial charge in [0.15, 0.2) is 0 Å². The molecule has 0 bridgehead atoms. The van der Waals surface area contributed by atoms with Crippen molar-refractivity contribution in [1.82, 2.24) is 0 Å². The molecule has 0 heterocycles. The summed E-state index contributed by atoms with van der Waals surface area (Å²) in [7, 11) is 1.67. The van der Waals surface area contributed by atoms with E-state index < -0.39 is 0 Å². The Bertz CT molecular complexity index is 698. The molecule has 0 unspecified atom stereocenters. The third-order valence-corrected chi connectivity index (χ3v) is 4.09. The molecule has 0 aliphatic rings. The first-order valence-corrected chi connectivity index (χ1v) is 8.50. The van der Waals surface area contributed by atoms with Gasteiger partial charge in [-0.1, -0.05) is 47.6 Å². The molecule has 2 rings (SSSR count). The molecule has 0 saturated carbocycles. The van der Waals surface area contributed by atoms with Crippen molar-refractivity contribution in [2.75, 3.05) is 7.11 Å². The van der Waals surface area contributed by atoms with Gasteiger partial charge in [0.05, 0.1) is 7.11 Å². The van der Waals surface area contributed by atoms with Crippen molar-refractivity contribution in [2.45, 2.75) is 59.3 Å². The lowest BCUT2D eigenvalue weighted by atomic mass is 9.74. The Hall–Kier alpha value is -1.96. The van der Waals surface area contributed by atoms with Gasteiger partial charge in [-0.25, -0.2) is 0 Å². The van der Waals surface area contributed by atoms with Crippen LogP contribution in [0.15, 0.2) is 36.4 Å². The molecule has 0 radical (unpaired) electrons. The quantitative estimate of drug-likeness (QED) is 0.650. The van der Waals surface area contributed by atoms with Crippen LogP contribution >= 0.6 is 0 Å². The van der Waals surface area contributed by atoms with Gasteiger partial charge in [0.2, 0.25) is 0 Å². The third kappa shape index (κ3) is 4.11. The van der Waals surface area contributed by atoms with Crippen LogP contribution in [0, 0.1) is 6.92 Å². The summed E-state index contributed by atoms with van der Waals surface area (Å²) >= 11 is 0. The lowest BCUT2D eigenvalue weighted by Crippen LogP contribution is -2.23. The summed E-state index contributed by atoms with van der Waals surface area (Å²) in [5, 5.41) is 0. The van der Waals surface area contributed by atoms with Crippen LogP contribution in [0.2, 0.25) is 0 Å². The molecule has 2 nitrogen and oxygen atoms in total. The zero-order valence-electron chi connectivity index (χ0n) is 16.3.